The lowest BCUT2D eigenvalue weighted by Gasteiger charge is -2.16. The zero-order chi connectivity index (χ0) is 21.1. The van der Waals surface area contributed by atoms with Crippen molar-refractivity contribution in [2.75, 3.05) is 11.4 Å². The number of hydrogen-bond acceptors (Lipinski definition) is 6. The summed E-state index contributed by atoms with van der Waals surface area (Å²) in [7, 11) is 0. The van der Waals surface area contributed by atoms with Crippen molar-refractivity contribution in [1.29, 1.82) is 0 Å². The van der Waals surface area contributed by atoms with E-state index in [4.69, 9.17) is 20.8 Å². The summed E-state index contributed by atoms with van der Waals surface area (Å²) in [6.45, 7) is 2.22. The number of carbonyl (C=O) groups is 2. The zero-order valence-electron chi connectivity index (χ0n) is 16.4. The van der Waals surface area contributed by atoms with Crippen molar-refractivity contribution in [3.05, 3.63) is 65.0 Å². The minimum Gasteiger partial charge on any atom is -0.455 e. The van der Waals surface area contributed by atoms with Crippen LogP contribution in [0.2, 0.25) is 5.02 Å². The molecule has 0 N–H and O–H groups in total. The first kappa shape index (κ1) is 20.1. The molecule has 154 valence electrons. The number of aryl methyl sites for hydroxylation is 1. The van der Waals surface area contributed by atoms with E-state index >= 15 is 0 Å². The monoisotopic (exact) mass is 425 g/mol. The molecule has 4 rings (SSSR count). The Morgan fingerprint density at radius 1 is 1.17 bits per heavy atom. The Morgan fingerprint density at radius 3 is 2.60 bits per heavy atom. The molecular weight excluding hydrogens is 406 g/mol. The quantitative estimate of drug-likeness (QED) is 0.554. The van der Waals surface area contributed by atoms with E-state index in [2.05, 4.69) is 17.1 Å². The van der Waals surface area contributed by atoms with Gasteiger partial charge in [0.15, 0.2) is 6.61 Å². The van der Waals surface area contributed by atoms with Gasteiger partial charge in [-0.05, 0) is 48.4 Å². The summed E-state index contributed by atoms with van der Waals surface area (Å²) in [5, 5.41) is 8.46. The van der Waals surface area contributed by atoms with Gasteiger partial charge >= 0.3 is 5.97 Å². The predicted molar refractivity (Wildman–Crippen MR) is 111 cm³/mol. The molecule has 1 unspecified atom stereocenters. The molecule has 8 heteroatoms. The van der Waals surface area contributed by atoms with E-state index in [1.165, 1.54) is 5.56 Å². The maximum absolute atomic E-state index is 12.5. The van der Waals surface area contributed by atoms with Crippen molar-refractivity contribution in [3.8, 4) is 11.5 Å². The molecule has 1 aliphatic heterocycles. The summed E-state index contributed by atoms with van der Waals surface area (Å²) in [5.74, 6) is -0.576. The van der Waals surface area contributed by atoms with Gasteiger partial charge in [-0.3, -0.25) is 9.59 Å². The summed E-state index contributed by atoms with van der Waals surface area (Å²) in [4.78, 5) is 26.4. The first-order valence-electron chi connectivity index (χ1n) is 9.67. The third-order valence-electron chi connectivity index (χ3n) is 5.01. The van der Waals surface area contributed by atoms with Crippen LogP contribution in [0.5, 0.6) is 0 Å². The van der Waals surface area contributed by atoms with Crippen LogP contribution in [0.15, 0.2) is 52.9 Å². The highest BCUT2D eigenvalue weighted by molar-refractivity contribution is 6.30. The highest BCUT2D eigenvalue weighted by Gasteiger charge is 2.36. The fourth-order valence-corrected chi connectivity index (χ4v) is 3.42. The van der Waals surface area contributed by atoms with Gasteiger partial charge in [-0.25, -0.2) is 0 Å². The number of nitrogens with zero attached hydrogens (tertiary/aromatic N) is 3. The molecule has 3 aromatic rings. The van der Waals surface area contributed by atoms with E-state index in [9.17, 15) is 9.59 Å². The van der Waals surface area contributed by atoms with Gasteiger partial charge in [-0.15, -0.1) is 10.2 Å². The number of benzene rings is 2. The first-order valence-corrected chi connectivity index (χ1v) is 10.1. The number of esters is 1. The van der Waals surface area contributed by atoms with Crippen molar-refractivity contribution in [2.24, 2.45) is 5.92 Å². The zero-order valence-corrected chi connectivity index (χ0v) is 17.1. The Balaban J connectivity index is 1.34. The Labute approximate surface area is 178 Å². The molecule has 0 bridgehead atoms. The van der Waals surface area contributed by atoms with Gasteiger partial charge in [0.05, 0.1) is 5.92 Å². The summed E-state index contributed by atoms with van der Waals surface area (Å²) in [5.41, 5.74) is 2.70. The van der Waals surface area contributed by atoms with Crippen LogP contribution in [0.4, 0.5) is 5.69 Å². The molecule has 0 spiro atoms. The van der Waals surface area contributed by atoms with Crippen molar-refractivity contribution >= 4 is 29.2 Å². The van der Waals surface area contributed by atoms with Gasteiger partial charge in [0.1, 0.15) is 0 Å². The molecule has 1 amide bonds. The molecule has 1 fully saturated rings. The van der Waals surface area contributed by atoms with E-state index in [0.717, 1.165) is 17.7 Å². The summed E-state index contributed by atoms with van der Waals surface area (Å²) >= 11 is 5.87. The fourth-order valence-electron chi connectivity index (χ4n) is 3.30. The molecule has 30 heavy (non-hydrogen) atoms. The maximum atomic E-state index is 12.5. The minimum absolute atomic E-state index is 0.0935. The highest BCUT2D eigenvalue weighted by atomic mass is 35.5. The molecule has 1 atom stereocenters. The topological polar surface area (TPSA) is 85.5 Å². The number of aromatic nitrogens is 2. The standard InChI is InChI=1S/C22H20ClN3O4/c1-2-14-3-9-18(10-4-14)26-12-16(11-20(26)27)22(28)29-13-19-24-25-21(30-19)15-5-7-17(23)8-6-15/h3-10,16H,2,11-13H2,1H3. The number of rotatable bonds is 6. The van der Waals surface area contributed by atoms with E-state index in [-0.39, 0.29) is 24.8 Å². The first-order chi connectivity index (χ1) is 14.5. The minimum atomic E-state index is -0.526. The molecule has 2 heterocycles. The van der Waals surface area contributed by atoms with Gasteiger partial charge in [0, 0.05) is 29.2 Å². The van der Waals surface area contributed by atoms with Gasteiger partial charge in [0.2, 0.25) is 11.8 Å². The second kappa shape index (κ2) is 8.67. The van der Waals surface area contributed by atoms with Gasteiger partial charge in [-0.2, -0.15) is 0 Å². The summed E-state index contributed by atoms with van der Waals surface area (Å²) in [6.07, 6.45) is 1.05. The Morgan fingerprint density at radius 2 is 1.90 bits per heavy atom. The predicted octanol–water partition coefficient (Wildman–Crippen LogP) is 4.05. The van der Waals surface area contributed by atoms with E-state index in [0.29, 0.717) is 17.5 Å². The van der Waals surface area contributed by atoms with Crippen LogP contribution in [-0.4, -0.2) is 28.6 Å². The smallest absolute Gasteiger partial charge is 0.311 e. The number of halogens is 1. The molecule has 1 aliphatic rings. The van der Waals surface area contributed by atoms with Crippen LogP contribution in [0, 0.1) is 5.92 Å². The average molecular weight is 426 g/mol. The second-order valence-electron chi connectivity index (χ2n) is 7.04. The van der Waals surface area contributed by atoms with Crippen LogP contribution in [0.3, 0.4) is 0 Å². The number of ether oxygens (including phenoxy) is 1. The average Bonchev–Trinajstić information content (AvgIpc) is 3.39. The fraction of sp³-hybridized carbons (Fsp3) is 0.273. The lowest BCUT2D eigenvalue weighted by Crippen LogP contribution is -2.26. The molecule has 0 saturated carbocycles. The van der Waals surface area contributed by atoms with E-state index < -0.39 is 11.9 Å². The SMILES string of the molecule is CCc1ccc(N2CC(C(=O)OCc3nnc(-c4ccc(Cl)cc4)o3)CC2=O)cc1. The number of carbonyl (C=O) groups excluding carboxylic acids is 2. The van der Waals surface area contributed by atoms with Crippen LogP contribution >= 0.6 is 11.6 Å². The van der Waals surface area contributed by atoms with Gasteiger partial charge in [-0.1, -0.05) is 30.7 Å². The molecule has 1 saturated heterocycles. The van der Waals surface area contributed by atoms with E-state index in [1.54, 1.807) is 29.2 Å². The third-order valence-corrected chi connectivity index (χ3v) is 5.26. The molecule has 2 aromatic carbocycles. The van der Waals surface area contributed by atoms with Crippen LogP contribution < -0.4 is 4.90 Å². The van der Waals surface area contributed by atoms with Crippen molar-refractivity contribution in [2.45, 2.75) is 26.4 Å². The maximum Gasteiger partial charge on any atom is 0.311 e. The van der Waals surface area contributed by atoms with Gasteiger partial charge < -0.3 is 14.1 Å². The third kappa shape index (κ3) is 4.36. The number of amides is 1. The van der Waals surface area contributed by atoms with Crippen LogP contribution in [0.25, 0.3) is 11.5 Å². The molecule has 0 aliphatic carbocycles. The van der Waals surface area contributed by atoms with Crippen molar-refractivity contribution < 1.29 is 18.7 Å². The Hall–Kier alpha value is -3.19. The summed E-state index contributed by atoms with van der Waals surface area (Å²) < 4.78 is 10.9. The Kier molecular flexibility index (Phi) is 5.81. The lowest BCUT2D eigenvalue weighted by atomic mass is 10.1. The largest absolute Gasteiger partial charge is 0.455 e. The molecule has 1 aromatic heterocycles. The Bertz CT molecular complexity index is 1050. The summed E-state index contributed by atoms with van der Waals surface area (Å²) in [6, 6.07) is 14.8. The molecule has 7 nitrogen and oxygen atoms in total. The van der Waals surface area contributed by atoms with Crippen molar-refractivity contribution in [3.63, 3.8) is 0 Å². The lowest BCUT2D eigenvalue weighted by molar-refractivity contribution is -0.150. The van der Waals surface area contributed by atoms with Crippen molar-refractivity contribution in [1.82, 2.24) is 10.2 Å². The second-order valence-corrected chi connectivity index (χ2v) is 7.48. The highest BCUT2D eigenvalue weighted by Crippen LogP contribution is 2.27. The number of hydrogen-bond donors (Lipinski definition) is 0. The molecular formula is C22H20ClN3O4. The van der Waals surface area contributed by atoms with E-state index in [1.807, 2.05) is 24.3 Å². The van der Waals surface area contributed by atoms with Crippen LogP contribution in [-0.2, 0) is 27.4 Å². The molecule has 0 radical (unpaired) electrons. The number of anilines is 1. The normalized spacial score (nSPS) is 16.1. The van der Waals surface area contributed by atoms with Gasteiger partial charge in [0.25, 0.3) is 5.89 Å². The van der Waals surface area contributed by atoms with Crippen LogP contribution in [0.1, 0.15) is 24.8 Å².